The summed E-state index contributed by atoms with van der Waals surface area (Å²) >= 11 is -0.698. The van der Waals surface area contributed by atoms with Gasteiger partial charge in [0.05, 0.1) is 13.7 Å². The van der Waals surface area contributed by atoms with E-state index >= 15 is 0 Å². The SMILES string of the molecule is COC(=O)C(F)(F)S(=O)(=O)F.O=C(O)C(F)(F)S(=O)(=O)[O-].O=C(OCC1CCC(CO)CC1)C(F)(F)SOO[O-].OCC1CCC(CO)CC1.[Na+].[Na+].[Na+].[OH-]. The molecule has 306 valence electrons. The van der Waals surface area contributed by atoms with Crippen molar-refractivity contribution in [1.82, 2.24) is 0 Å². The maximum Gasteiger partial charge on any atom is 1.00 e. The number of hydrogen-bond acceptors (Lipinski definition) is 18. The summed E-state index contributed by atoms with van der Waals surface area (Å²) < 4.78 is 143. The fourth-order valence-corrected chi connectivity index (χ4v) is 4.61. The molecule has 18 nitrogen and oxygen atoms in total. The van der Waals surface area contributed by atoms with Gasteiger partial charge in [0.25, 0.3) is 0 Å². The summed E-state index contributed by atoms with van der Waals surface area (Å²) in [4.78, 5) is 30.3. The van der Waals surface area contributed by atoms with E-state index in [0.29, 0.717) is 32.2 Å². The topological polar surface area (TPSA) is 313 Å². The normalized spacial score (nSPS) is 19.9. The Morgan fingerprint density at radius 3 is 1.26 bits per heavy atom. The molecule has 2 fully saturated rings. The average molecular weight is 899 g/mol. The molecule has 2 rings (SSSR count). The largest absolute Gasteiger partial charge is 1.00 e. The number of aliphatic hydroxyl groups is 3. The molecule has 2 aliphatic rings. The molecular weight excluding hydrogens is 862 g/mol. The first-order valence-corrected chi connectivity index (χ1v) is 17.3. The molecule has 0 aliphatic heterocycles. The Labute approximate surface area is 375 Å². The number of carbonyl (C=O) groups is 3. The maximum absolute atomic E-state index is 13.0. The zero-order chi connectivity index (χ0) is 39.6. The van der Waals surface area contributed by atoms with Crippen molar-refractivity contribution in [1.29, 1.82) is 0 Å². The van der Waals surface area contributed by atoms with Crippen molar-refractivity contribution in [3.63, 3.8) is 0 Å². The predicted octanol–water partition coefficient (Wildman–Crippen LogP) is -8.33. The van der Waals surface area contributed by atoms with Crippen LogP contribution in [-0.4, -0.2) is 114 Å². The molecule has 5 N–H and O–H groups in total. The molecular formula is C23H36F7Na3O18S3. The number of methoxy groups -OCH3 is 1. The summed E-state index contributed by atoms with van der Waals surface area (Å²) in [6, 6.07) is 0. The van der Waals surface area contributed by atoms with Gasteiger partial charge in [0.2, 0.25) is 0 Å². The standard InChI is InChI=1S/C10H16F2O6S.C8H16O2.C3H3F3O4S.C2H2F2O5S.3Na.H2O/c11-10(12,19-18-17-15)9(14)16-6-8-3-1-7(5-13)2-4-8;9-5-7-1-2-8(6-10)4-3-7;1-10-2(7)3(4,5)11(6,8)9;3-2(4,1(5)6)10(7,8)9;;;;/h7-8,13,15H,1-6H2;7-10H,1-6H2;1H3;(H,5,6)(H,7,8,9);;;;1H2/q;;;;3*+1;/p-3. The van der Waals surface area contributed by atoms with Gasteiger partial charge in [-0.1, -0.05) is 3.89 Å². The summed E-state index contributed by atoms with van der Waals surface area (Å²) in [5.41, 5.74) is 0. The van der Waals surface area contributed by atoms with Gasteiger partial charge < -0.3 is 45.2 Å². The van der Waals surface area contributed by atoms with Crippen molar-refractivity contribution in [3.05, 3.63) is 0 Å². The van der Waals surface area contributed by atoms with E-state index < -0.39 is 66.1 Å². The third kappa shape index (κ3) is 25.4. The van der Waals surface area contributed by atoms with E-state index in [9.17, 15) is 71.3 Å². The van der Waals surface area contributed by atoms with Crippen molar-refractivity contribution in [2.45, 2.75) is 67.1 Å². The van der Waals surface area contributed by atoms with Crippen LogP contribution in [0, 0.1) is 23.7 Å². The first kappa shape index (κ1) is 66.7. The summed E-state index contributed by atoms with van der Waals surface area (Å²) in [5, 5.41) is 31.8. The second-order valence-corrected chi connectivity index (χ2v) is 14.0. The van der Waals surface area contributed by atoms with E-state index in [1.54, 1.807) is 0 Å². The van der Waals surface area contributed by atoms with Crippen LogP contribution in [0.3, 0.4) is 0 Å². The molecule has 0 spiro atoms. The Morgan fingerprint density at radius 1 is 0.722 bits per heavy atom. The molecule has 0 unspecified atom stereocenters. The summed E-state index contributed by atoms with van der Waals surface area (Å²) in [6.45, 7) is 0.676. The first-order chi connectivity index (χ1) is 22.8. The van der Waals surface area contributed by atoms with Crippen LogP contribution in [0.2, 0.25) is 0 Å². The second kappa shape index (κ2) is 31.7. The molecule has 0 amide bonds. The van der Waals surface area contributed by atoms with Gasteiger partial charge in [-0.15, -0.1) is 0 Å². The number of aliphatic hydroxyl groups excluding tert-OH is 3. The fraction of sp³-hybridized carbons (Fsp3) is 0.870. The molecule has 0 aromatic carbocycles. The van der Waals surface area contributed by atoms with Gasteiger partial charge in [0, 0.05) is 19.8 Å². The third-order valence-corrected chi connectivity index (χ3v) is 8.93. The van der Waals surface area contributed by atoms with Crippen LogP contribution in [0.1, 0.15) is 51.4 Å². The molecule has 0 atom stereocenters. The Morgan fingerprint density at radius 2 is 1.06 bits per heavy atom. The minimum Gasteiger partial charge on any atom is -0.870 e. The molecule has 31 heteroatoms. The van der Waals surface area contributed by atoms with E-state index in [0.717, 1.165) is 51.4 Å². The van der Waals surface area contributed by atoms with Gasteiger partial charge in [0.15, 0.2) is 10.1 Å². The zero-order valence-corrected chi connectivity index (χ0v) is 37.7. The average Bonchev–Trinajstić information content (AvgIpc) is 3.05. The third-order valence-electron chi connectivity index (χ3n) is 6.85. The van der Waals surface area contributed by atoms with Gasteiger partial charge >= 0.3 is 133 Å². The van der Waals surface area contributed by atoms with E-state index in [-0.39, 0.29) is 119 Å². The van der Waals surface area contributed by atoms with Crippen LogP contribution in [0.4, 0.5) is 30.2 Å². The van der Waals surface area contributed by atoms with Crippen molar-refractivity contribution >= 4 is 50.3 Å². The Balaban J connectivity index is -0.000000145. The number of carboxylic acids is 1. The number of ether oxygens (including phenoxy) is 2. The number of alkyl halides is 6. The van der Waals surface area contributed by atoms with Crippen molar-refractivity contribution in [3.8, 4) is 0 Å². The van der Waals surface area contributed by atoms with E-state index in [1.165, 1.54) is 0 Å². The smallest absolute Gasteiger partial charge is 0.870 e. The number of hydrogen-bond donors (Lipinski definition) is 4. The van der Waals surface area contributed by atoms with Crippen molar-refractivity contribution in [2.75, 3.05) is 33.5 Å². The van der Waals surface area contributed by atoms with Crippen molar-refractivity contribution < 1.29 is 205 Å². The van der Waals surface area contributed by atoms with Gasteiger partial charge in [-0.3, -0.25) is 5.04 Å². The van der Waals surface area contributed by atoms with Gasteiger partial charge in [-0.05, 0) is 75.0 Å². The molecule has 0 heterocycles. The molecule has 0 saturated heterocycles. The molecule has 2 aliphatic carbocycles. The number of esters is 2. The van der Waals surface area contributed by atoms with Crippen LogP contribution in [0.25, 0.3) is 0 Å². The van der Waals surface area contributed by atoms with E-state index in [1.807, 2.05) is 0 Å². The number of carboxylic acid groups (broad SMARTS) is 1. The van der Waals surface area contributed by atoms with Crippen LogP contribution in [0.5, 0.6) is 0 Å². The summed E-state index contributed by atoms with van der Waals surface area (Å²) in [6.07, 6.45) is 7.41. The molecule has 0 aromatic rings. The number of carbonyl (C=O) groups excluding carboxylic acids is 2. The van der Waals surface area contributed by atoms with Gasteiger partial charge in [-0.2, -0.15) is 39.1 Å². The second-order valence-electron chi connectivity index (χ2n) is 10.4. The monoisotopic (exact) mass is 898 g/mol. The molecule has 54 heavy (non-hydrogen) atoms. The van der Waals surface area contributed by atoms with E-state index in [2.05, 4.69) is 18.8 Å². The van der Waals surface area contributed by atoms with Gasteiger partial charge in [0.1, 0.15) is 12.0 Å². The van der Waals surface area contributed by atoms with Crippen molar-refractivity contribution in [2.24, 2.45) is 23.7 Å². The number of rotatable bonds is 13. The Hall–Kier alpha value is 0.850. The Bertz CT molecular complexity index is 1250. The maximum atomic E-state index is 13.0. The van der Waals surface area contributed by atoms with Crippen LogP contribution >= 0.6 is 12.0 Å². The number of aliphatic carboxylic acids is 1. The van der Waals surface area contributed by atoms with E-state index in [4.69, 9.17) is 20.4 Å². The molecule has 0 radical (unpaired) electrons. The van der Waals surface area contributed by atoms with Crippen LogP contribution < -0.4 is 93.9 Å². The predicted molar refractivity (Wildman–Crippen MR) is 149 cm³/mol. The minimum atomic E-state index is -6.22. The first-order valence-electron chi connectivity index (χ1n) is 13.8. The van der Waals surface area contributed by atoms with Crippen LogP contribution in [0.15, 0.2) is 0 Å². The quantitative estimate of drug-likeness (QED) is 0.0195. The molecule has 0 bridgehead atoms. The number of halogens is 7. The molecule has 0 aromatic heterocycles. The molecule has 2 saturated carbocycles. The zero-order valence-electron chi connectivity index (χ0n) is 29.2. The summed E-state index contributed by atoms with van der Waals surface area (Å²) in [7, 11) is -11.8. The minimum absolute atomic E-state index is 0. The Kier molecular flexibility index (Phi) is 39.2. The van der Waals surface area contributed by atoms with Gasteiger partial charge in [-0.25, -0.2) is 22.8 Å². The van der Waals surface area contributed by atoms with Crippen LogP contribution in [-0.2, 0) is 53.6 Å². The summed E-state index contributed by atoms with van der Waals surface area (Å²) in [5.74, 6) is -5.89. The fourth-order valence-electron chi connectivity index (χ4n) is 3.87.